The zero-order chi connectivity index (χ0) is 15.9. The van der Waals surface area contributed by atoms with Crippen molar-refractivity contribution in [2.45, 2.75) is 47.1 Å². The van der Waals surface area contributed by atoms with Crippen molar-refractivity contribution < 1.29 is 14.4 Å². The fraction of sp³-hybridized carbons (Fsp3) is 0.800. The minimum atomic E-state index is -0.563. The summed E-state index contributed by atoms with van der Waals surface area (Å²) in [6.45, 7) is 9.15. The molecule has 0 spiro atoms. The molecule has 116 valence electrons. The monoisotopic (exact) mass is 301 g/mol. The number of amides is 1. The van der Waals surface area contributed by atoms with Crippen LogP contribution in [-0.4, -0.2) is 35.5 Å². The summed E-state index contributed by atoms with van der Waals surface area (Å²) in [5, 5.41) is 2.76. The fourth-order valence-corrected chi connectivity index (χ4v) is 2.40. The Morgan fingerprint density at radius 3 is 1.85 bits per heavy atom. The van der Waals surface area contributed by atoms with Crippen LogP contribution >= 0.6 is 11.8 Å². The molecule has 0 radical (unpaired) electrons. The molecule has 0 fully saturated rings. The highest BCUT2D eigenvalue weighted by Crippen LogP contribution is 2.15. The number of carbonyl (C=O) groups is 3. The smallest absolute Gasteiger partial charge is 0.230 e. The average molecular weight is 301 g/mol. The van der Waals surface area contributed by atoms with Crippen LogP contribution < -0.4 is 5.32 Å². The third kappa shape index (κ3) is 6.55. The Morgan fingerprint density at radius 2 is 1.45 bits per heavy atom. The predicted molar refractivity (Wildman–Crippen MR) is 83.8 cm³/mol. The Hall–Kier alpha value is -0.840. The van der Waals surface area contributed by atoms with Crippen molar-refractivity contribution in [3.8, 4) is 0 Å². The lowest BCUT2D eigenvalue weighted by Crippen LogP contribution is -2.45. The van der Waals surface area contributed by atoms with E-state index in [4.69, 9.17) is 0 Å². The third-order valence-electron chi connectivity index (χ3n) is 3.17. The van der Waals surface area contributed by atoms with E-state index in [-0.39, 0.29) is 35.2 Å². The number of thioether (sulfide) groups is 1. The number of hydrogen-bond acceptors (Lipinski definition) is 4. The highest BCUT2D eigenvalue weighted by atomic mass is 32.2. The van der Waals surface area contributed by atoms with Gasteiger partial charge in [0.15, 0.2) is 5.78 Å². The minimum Gasteiger partial charge on any atom is -0.346 e. The van der Waals surface area contributed by atoms with Gasteiger partial charge in [0.2, 0.25) is 5.91 Å². The second-order valence-electron chi connectivity index (χ2n) is 5.80. The lowest BCUT2D eigenvalue weighted by atomic mass is 9.87. The molecule has 0 aromatic rings. The number of rotatable bonds is 9. The molecule has 0 aromatic heterocycles. The molecule has 0 aliphatic rings. The summed E-state index contributed by atoms with van der Waals surface area (Å²) in [7, 11) is 0. The Bertz CT molecular complexity index is 353. The van der Waals surface area contributed by atoms with Crippen LogP contribution in [0.15, 0.2) is 0 Å². The van der Waals surface area contributed by atoms with Gasteiger partial charge in [-0.15, -0.1) is 0 Å². The van der Waals surface area contributed by atoms with Crippen molar-refractivity contribution in [3.05, 3.63) is 0 Å². The fourth-order valence-electron chi connectivity index (χ4n) is 2.05. The van der Waals surface area contributed by atoms with E-state index in [1.807, 2.05) is 40.9 Å². The topological polar surface area (TPSA) is 63.2 Å². The van der Waals surface area contributed by atoms with E-state index in [0.29, 0.717) is 12.2 Å². The Kier molecular flexibility index (Phi) is 8.78. The second-order valence-corrected chi connectivity index (χ2v) is 6.67. The van der Waals surface area contributed by atoms with Gasteiger partial charge < -0.3 is 5.32 Å². The molecule has 0 rings (SSSR count). The molecule has 2 atom stereocenters. The maximum absolute atomic E-state index is 12.2. The molecule has 0 aliphatic carbocycles. The van der Waals surface area contributed by atoms with E-state index in [2.05, 4.69) is 5.32 Å². The van der Waals surface area contributed by atoms with E-state index in [1.165, 1.54) is 11.8 Å². The van der Waals surface area contributed by atoms with E-state index in [9.17, 15) is 14.4 Å². The summed E-state index contributed by atoms with van der Waals surface area (Å²) >= 11 is 1.41. The highest BCUT2D eigenvalue weighted by molar-refractivity contribution is 7.99. The van der Waals surface area contributed by atoms with Gasteiger partial charge in [-0.3, -0.25) is 14.4 Å². The SMILES string of the molecule is CSCC(=O)NC(CC(C)C(=O)C(C)C)C(=O)C(C)C. The number of carbonyl (C=O) groups excluding carboxylic acids is 3. The number of ketones is 2. The van der Waals surface area contributed by atoms with Gasteiger partial charge in [-0.25, -0.2) is 0 Å². The molecule has 0 heterocycles. The normalized spacial score (nSPS) is 14.2. The molecule has 1 amide bonds. The van der Waals surface area contributed by atoms with Crippen molar-refractivity contribution in [3.63, 3.8) is 0 Å². The minimum absolute atomic E-state index is 0.0112. The molecular weight excluding hydrogens is 274 g/mol. The van der Waals surface area contributed by atoms with Crippen LogP contribution in [0.25, 0.3) is 0 Å². The van der Waals surface area contributed by atoms with E-state index in [0.717, 1.165) is 0 Å². The summed E-state index contributed by atoms with van der Waals surface area (Å²) in [6, 6.07) is -0.563. The van der Waals surface area contributed by atoms with Crippen LogP contribution in [-0.2, 0) is 14.4 Å². The molecule has 20 heavy (non-hydrogen) atoms. The predicted octanol–water partition coefficient (Wildman–Crippen LogP) is 2.31. The molecule has 5 heteroatoms. The van der Waals surface area contributed by atoms with Crippen LogP contribution in [0.3, 0.4) is 0 Å². The third-order valence-corrected chi connectivity index (χ3v) is 3.72. The molecule has 0 saturated carbocycles. The first-order valence-electron chi connectivity index (χ1n) is 7.06. The first-order chi connectivity index (χ1) is 9.20. The van der Waals surface area contributed by atoms with E-state index < -0.39 is 6.04 Å². The van der Waals surface area contributed by atoms with Gasteiger partial charge in [0.1, 0.15) is 5.78 Å². The molecule has 0 aromatic carbocycles. The van der Waals surface area contributed by atoms with Gasteiger partial charge in [-0.2, -0.15) is 11.8 Å². The van der Waals surface area contributed by atoms with Crippen LogP contribution in [0.2, 0.25) is 0 Å². The number of hydrogen-bond donors (Lipinski definition) is 1. The van der Waals surface area contributed by atoms with Crippen LogP contribution in [0.4, 0.5) is 0 Å². The quantitative estimate of drug-likeness (QED) is 0.710. The first-order valence-corrected chi connectivity index (χ1v) is 8.45. The second kappa shape index (κ2) is 9.16. The van der Waals surface area contributed by atoms with Crippen molar-refractivity contribution in [2.75, 3.05) is 12.0 Å². The van der Waals surface area contributed by atoms with Crippen LogP contribution in [0.1, 0.15) is 41.0 Å². The molecule has 0 saturated heterocycles. The van der Waals surface area contributed by atoms with Gasteiger partial charge in [0.25, 0.3) is 0 Å². The van der Waals surface area contributed by atoms with Crippen LogP contribution in [0, 0.1) is 17.8 Å². The lowest BCUT2D eigenvalue weighted by Gasteiger charge is -2.23. The van der Waals surface area contributed by atoms with Gasteiger partial charge in [0.05, 0.1) is 11.8 Å². The maximum Gasteiger partial charge on any atom is 0.230 e. The van der Waals surface area contributed by atoms with Crippen molar-refractivity contribution in [1.82, 2.24) is 5.32 Å². The number of nitrogens with one attached hydrogen (secondary N) is 1. The lowest BCUT2D eigenvalue weighted by molar-refractivity contribution is -0.130. The van der Waals surface area contributed by atoms with E-state index in [1.54, 1.807) is 0 Å². The standard InChI is InChI=1S/C15H27NO3S/c1-9(2)14(18)11(5)7-12(15(19)10(3)4)16-13(17)8-20-6/h9-12H,7-8H2,1-6H3,(H,16,17). The Balaban J connectivity index is 4.81. The zero-order valence-corrected chi connectivity index (χ0v) is 14.2. The Morgan fingerprint density at radius 1 is 0.950 bits per heavy atom. The summed E-state index contributed by atoms with van der Waals surface area (Å²) in [6.07, 6.45) is 2.22. The van der Waals surface area contributed by atoms with Gasteiger partial charge in [-0.05, 0) is 12.7 Å². The molecule has 4 nitrogen and oxygen atoms in total. The average Bonchev–Trinajstić information content (AvgIpc) is 2.35. The highest BCUT2D eigenvalue weighted by Gasteiger charge is 2.28. The summed E-state index contributed by atoms with van der Waals surface area (Å²) in [5.41, 5.74) is 0. The van der Waals surface area contributed by atoms with Gasteiger partial charge in [0, 0.05) is 17.8 Å². The summed E-state index contributed by atoms with van der Waals surface area (Å²) in [5.74, 6) is -0.141. The summed E-state index contributed by atoms with van der Waals surface area (Å²) < 4.78 is 0. The Labute approximate surface area is 126 Å². The largest absolute Gasteiger partial charge is 0.346 e. The van der Waals surface area contributed by atoms with Gasteiger partial charge in [-0.1, -0.05) is 34.6 Å². The molecule has 1 N–H and O–H groups in total. The van der Waals surface area contributed by atoms with Crippen molar-refractivity contribution >= 4 is 29.2 Å². The molecule has 2 unspecified atom stereocenters. The van der Waals surface area contributed by atoms with E-state index >= 15 is 0 Å². The van der Waals surface area contributed by atoms with Crippen molar-refractivity contribution in [2.24, 2.45) is 17.8 Å². The van der Waals surface area contributed by atoms with Crippen LogP contribution in [0.5, 0.6) is 0 Å². The molecule has 0 aliphatic heterocycles. The molecular formula is C15H27NO3S. The summed E-state index contributed by atoms with van der Waals surface area (Å²) in [4.78, 5) is 35.8. The maximum atomic E-state index is 12.2. The first kappa shape index (κ1) is 19.2. The van der Waals surface area contributed by atoms with Gasteiger partial charge >= 0.3 is 0 Å². The van der Waals surface area contributed by atoms with Crippen molar-refractivity contribution in [1.29, 1.82) is 0 Å². The number of Topliss-reactive ketones (excluding diaryl/α,β-unsaturated/α-hetero) is 2. The zero-order valence-electron chi connectivity index (χ0n) is 13.4. The molecule has 0 bridgehead atoms.